The fourth-order valence-corrected chi connectivity index (χ4v) is 3.55. The van der Waals surface area contributed by atoms with Crippen LogP contribution < -0.4 is 10.2 Å². The smallest absolute Gasteiger partial charge is 0.154 e. The van der Waals surface area contributed by atoms with E-state index < -0.39 is 6.17 Å². The topological polar surface area (TPSA) is 66.3 Å². The van der Waals surface area contributed by atoms with Crippen LogP contribution in [-0.2, 0) is 6.54 Å². The first-order valence-electron chi connectivity index (χ1n) is 8.67. The van der Waals surface area contributed by atoms with E-state index in [-0.39, 0.29) is 0 Å². The number of halogens is 1. The molecule has 1 atom stereocenters. The molecule has 1 fully saturated rings. The summed E-state index contributed by atoms with van der Waals surface area (Å²) in [4.78, 5) is 19.7. The molecule has 6 nitrogen and oxygen atoms in total. The maximum absolute atomic E-state index is 13.6. The fourth-order valence-electron chi connectivity index (χ4n) is 3.55. The number of aromatic nitrogens is 3. The van der Waals surface area contributed by atoms with Crippen LogP contribution in [0, 0.1) is 0 Å². The Bertz CT molecular complexity index is 1020. The number of nitrogens with one attached hydrogen (secondary N) is 1. The summed E-state index contributed by atoms with van der Waals surface area (Å²) < 4.78 is 13.6. The highest BCUT2D eigenvalue weighted by atomic mass is 19.1. The van der Waals surface area contributed by atoms with Gasteiger partial charge in [0.1, 0.15) is 17.7 Å². The Morgan fingerprint density at radius 1 is 1.08 bits per heavy atom. The molecule has 0 spiro atoms. The van der Waals surface area contributed by atoms with Gasteiger partial charge in [-0.2, -0.15) is 0 Å². The second-order valence-corrected chi connectivity index (χ2v) is 6.54. The Labute approximate surface area is 149 Å². The number of benzene rings is 1. The molecule has 0 amide bonds. The van der Waals surface area contributed by atoms with E-state index in [0.717, 1.165) is 39.5 Å². The molecule has 2 aliphatic heterocycles. The minimum absolute atomic E-state index is 0.415. The molecule has 2 aromatic heterocycles. The number of nitrogens with zero attached hydrogens (tertiary/aromatic N) is 5. The van der Waals surface area contributed by atoms with E-state index in [1.54, 1.807) is 18.6 Å². The Balaban J connectivity index is 1.46. The zero-order valence-corrected chi connectivity index (χ0v) is 14.1. The number of alkyl halides is 1. The average molecular weight is 348 g/mol. The lowest BCUT2D eigenvalue weighted by molar-refractivity contribution is 0.364. The van der Waals surface area contributed by atoms with Crippen LogP contribution >= 0.6 is 0 Å². The number of anilines is 2. The van der Waals surface area contributed by atoms with Crippen LogP contribution in [0.3, 0.4) is 0 Å². The van der Waals surface area contributed by atoms with E-state index in [1.807, 2.05) is 23.1 Å². The standard InChI is InChI=1S/C19H17FN6/c20-13-4-8-26(11-13)19-15-2-1-14(9-12(15)3-5-23-19)25-18-17-16(10-24-18)21-6-7-22-17/h1-3,5-7,9,13H,4,8,10-11H2,(H,24,25)/t13-/m0/s1. The SMILES string of the molecule is F[C@H]1CCN(c2nccc3cc(NC4=NCc5nccnc54)ccc23)C1. The van der Waals surface area contributed by atoms with Crippen LogP contribution in [0.25, 0.3) is 10.8 Å². The third kappa shape index (κ3) is 2.56. The highest BCUT2D eigenvalue weighted by molar-refractivity contribution is 6.09. The Hall–Kier alpha value is -3.09. The molecule has 0 unspecified atom stereocenters. The van der Waals surface area contributed by atoms with Crippen LogP contribution in [0.4, 0.5) is 15.9 Å². The molecular weight excluding hydrogens is 331 g/mol. The van der Waals surface area contributed by atoms with Gasteiger partial charge in [-0.15, -0.1) is 0 Å². The van der Waals surface area contributed by atoms with E-state index in [0.29, 0.717) is 26.1 Å². The number of aliphatic imine (C=N–C) groups is 1. The van der Waals surface area contributed by atoms with Crippen LogP contribution in [0.15, 0.2) is 47.8 Å². The molecule has 1 aromatic carbocycles. The van der Waals surface area contributed by atoms with Crippen LogP contribution in [0.2, 0.25) is 0 Å². The number of hydrogen-bond donors (Lipinski definition) is 1. The van der Waals surface area contributed by atoms with Crippen LogP contribution in [0.5, 0.6) is 0 Å². The molecule has 7 heteroatoms. The molecule has 0 bridgehead atoms. The minimum atomic E-state index is -0.769. The van der Waals surface area contributed by atoms with E-state index in [2.05, 4.69) is 31.3 Å². The van der Waals surface area contributed by atoms with Crippen LogP contribution in [0.1, 0.15) is 17.8 Å². The number of rotatable bonds is 2. The zero-order valence-electron chi connectivity index (χ0n) is 14.1. The van der Waals surface area contributed by atoms with Crippen molar-refractivity contribution in [2.24, 2.45) is 4.99 Å². The number of pyridine rings is 1. The Morgan fingerprint density at radius 2 is 2.00 bits per heavy atom. The van der Waals surface area contributed by atoms with Gasteiger partial charge in [-0.1, -0.05) is 0 Å². The minimum Gasteiger partial charge on any atom is -0.353 e. The summed E-state index contributed by atoms with van der Waals surface area (Å²) in [7, 11) is 0. The summed E-state index contributed by atoms with van der Waals surface area (Å²) in [5, 5.41) is 5.42. The fraction of sp³-hybridized carbons (Fsp3) is 0.263. The summed E-state index contributed by atoms with van der Waals surface area (Å²) in [5.41, 5.74) is 2.61. The van der Waals surface area contributed by atoms with E-state index >= 15 is 0 Å². The van der Waals surface area contributed by atoms with Gasteiger partial charge in [0.05, 0.1) is 18.8 Å². The summed E-state index contributed by atoms with van der Waals surface area (Å²) in [6, 6.07) is 8.05. The van der Waals surface area contributed by atoms with Crippen molar-refractivity contribution >= 4 is 28.1 Å². The molecular formula is C19H17FN6. The molecule has 1 saturated heterocycles. The van der Waals surface area contributed by atoms with Crippen molar-refractivity contribution in [1.82, 2.24) is 15.0 Å². The molecule has 3 aromatic rings. The molecule has 0 radical (unpaired) electrons. The Morgan fingerprint density at radius 3 is 2.88 bits per heavy atom. The number of hydrogen-bond acceptors (Lipinski definition) is 6. The molecule has 130 valence electrons. The average Bonchev–Trinajstić information content (AvgIpc) is 3.28. The highest BCUT2D eigenvalue weighted by Gasteiger charge is 2.24. The maximum Gasteiger partial charge on any atom is 0.154 e. The largest absolute Gasteiger partial charge is 0.353 e. The molecule has 5 rings (SSSR count). The monoisotopic (exact) mass is 348 g/mol. The summed E-state index contributed by atoms with van der Waals surface area (Å²) >= 11 is 0. The molecule has 2 aliphatic rings. The van der Waals surface area contributed by atoms with Gasteiger partial charge in [-0.3, -0.25) is 9.98 Å². The molecule has 1 N–H and O–H groups in total. The van der Waals surface area contributed by atoms with Gasteiger partial charge >= 0.3 is 0 Å². The maximum atomic E-state index is 13.6. The second-order valence-electron chi connectivity index (χ2n) is 6.54. The quantitative estimate of drug-likeness (QED) is 0.771. The molecule has 4 heterocycles. The van der Waals surface area contributed by atoms with Gasteiger partial charge in [-0.05, 0) is 36.1 Å². The third-order valence-corrected chi connectivity index (χ3v) is 4.82. The third-order valence-electron chi connectivity index (χ3n) is 4.82. The van der Waals surface area contributed by atoms with Crippen molar-refractivity contribution in [2.75, 3.05) is 23.3 Å². The van der Waals surface area contributed by atoms with Gasteiger partial charge in [-0.25, -0.2) is 14.4 Å². The second kappa shape index (κ2) is 6.01. The zero-order chi connectivity index (χ0) is 17.5. The number of amidine groups is 1. The summed E-state index contributed by atoms with van der Waals surface area (Å²) in [6.07, 6.45) is 4.93. The van der Waals surface area contributed by atoms with Gasteiger partial charge in [0.15, 0.2) is 5.84 Å². The summed E-state index contributed by atoms with van der Waals surface area (Å²) in [6.45, 7) is 1.67. The van der Waals surface area contributed by atoms with Gasteiger partial charge in [0, 0.05) is 36.2 Å². The summed E-state index contributed by atoms with van der Waals surface area (Å²) in [5.74, 6) is 1.59. The first-order chi connectivity index (χ1) is 12.8. The molecule has 0 saturated carbocycles. The predicted octanol–water partition coefficient (Wildman–Crippen LogP) is 2.95. The van der Waals surface area contributed by atoms with Crippen molar-refractivity contribution in [3.05, 3.63) is 54.2 Å². The van der Waals surface area contributed by atoms with Gasteiger partial charge in [0.25, 0.3) is 0 Å². The van der Waals surface area contributed by atoms with Crippen molar-refractivity contribution < 1.29 is 4.39 Å². The van der Waals surface area contributed by atoms with Crippen molar-refractivity contribution in [1.29, 1.82) is 0 Å². The predicted molar refractivity (Wildman–Crippen MR) is 99.4 cm³/mol. The first kappa shape index (κ1) is 15.2. The highest BCUT2D eigenvalue weighted by Crippen LogP contribution is 2.30. The van der Waals surface area contributed by atoms with Crippen molar-refractivity contribution in [2.45, 2.75) is 19.1 Å². The molecule has 26 heavy (non-hydrogen) atoms. The lowest BCUT2D eigenvalue weighted by atomic mass is 10.1. The molecule has 0 aliphatic carbocycles. The number of fused-ring (bicyclic) bond motifs is 2. The first-order valence-corrected chi connectivity index (χ1v) is 8.67. The van der Waals surface area contributed by atoms with E-state index in [4.69, 9.17) is 0 Å². The lowest BCUT2D eigenvalue weighted by Crippen LogP contribution is -2.21. The van der Waals surface area contributed by atoms with E-state index in [1.165, 1.54) is 0 Å². The van der Waals surface area contributed by atoms with Crippen molar-refractivity contribution in [3.63, 3.8) is 0 Å². The van der Waals surface area contributed by atoms with Crippen LogP contribution in [-0.4, -0.2) is 40.0 Å². The lowest BCUT2D eigenvalue weighted by Gasteiger charge is -2.18. The van der Waals surface area contributed by atoms with Gasteiger partial charge in [0.2, 0.25) is 0 Å². The normalized spacial score (nSPS) is 18.9. The van der Waals surface area contributed by atoms with Crippen molar-refractivity contribution in [3.8, 4) is 0 Å². The van der Waals surface area contributed by atoms with Gasteiger partial charge < -0.3 is 10.2 Å². The van der Waals surface area contributed by atoms with E-state index in [9.17, 15) is 4.39 Å². The Kier molecular flexibility index (Phi) is 3.51.